The third-order valence-electron chi connectivity index (χ3n) is 5.33. The van der Waals surface area contributed by atoms with E-state index < -0.39 is 0 Å². The summed E-state index contributed by atoms with van der Waals surface area (Å²) in [6, 6.07) is 0.743. The smallest absolute Gasteiger partial charge is 0.0576 e. The van der Waals surface area contributed by atoms with Crippen molar-refractivity contribution in [3.8, 4) is 0 Å². The van der Waals surface area contributed by atoms with Crippen molar-refractivity contribution in [3.63, 3.8) is 0 Å². The molecule has 2 nitrogen and oxygen atoms in total. The Hall–Kier alpha value is -0.0800. The number of hydrogen-bond donors (Lipinski definition) is 1. The van der Waals surface area contributed by atoms with Gasteiger partial charge in [-0.25, -0.2) is 0 Å². The first-order valence-electron chi connectivity index (χ1n) is 8.68. The summed E-state index contributed by atoms with van der Waals surface area (Å²) in [4.78, 5) is 0. The quantitative estimate of drug-likeness (QED) is 0.748. The highest BCUT2D eigenvalue weighted by Crippen LogP contribution is 2.34. The van der Waals surface area contributed by atoms with Crippen molar-refractivity contribution in [2.75, 3.05) is 13.2 Å². The van der Waals surface area contributed by atoms with Crippen LogP contribution in [-0.4, -0.2) is 25.3 Å². The van der Waals surface area contributed by atoms with Gasteiger partial charge < -0.3 is 10.1 Å². The first-order chi connectivity index (χ1) is 9.33. The minimum atomic E-state index is 0.563. The van der Waals surface area contributed by atoms with Crippen molar-refractivity contribution in [3.05, 3.63) is 0 Å². The topological polar surface area (TPSA) is 21.3 Å². The van der Waals surface area contributed by atoms with Gasteiger partial charge in [0.2, 0.25) is 0 Å². The molecule has 1 saturated carbocycles. The van der Waals surface area contributed by atoms with Gasteiger partial charge in [-0.1, -0.05) is 33.1 Å². The van der Waals surface area contributed by atoms with Crippen molar-refractivity contribution >= 4 is 0 Å². The summed E-state index contributed by atoms with van der Waals surface area (Å²) in [5.41, 5.74) is 0. The van der Waals surface area contributed by atoms with Crippen LogP contribution in [0.5, 0.6) is 0 Å². The van der Waals surface area contributed by atoms with E-state index in [0.29, 0.717) is 6.10 Å². The molecular formula is C17H33NO. The second-order valence-electron chi connectivity index (χ2n) is 6.57. The summed E-state index contributed by atoms with van der Waals surface area (Å²) in [7, 11) is 0. The van der Waals surface area contributed by atoms with Gasteiger partial charge in [-0.2, -0.15) is 0 Å². The molecule has 1 aliphatic carbocycles. The zero-order valence-electron chi connectivity index (χ0n) is 13.0. The van der Waals surface area contributed by atoms with Gasteiger partial charge in [0.15, 0.2) is 0 Å². The molecule has 0 aromatic carbocycles. The number of hydrogen-bond acceptors (Lipinski definition) is 2. The summed E-state index contributed by atoms with van der Waals surface area (Å²) in [5, 5.41) is 3.75. The molecule has 1 N–H and O–H groups in total. The lowest BCUT2D eigenvalue weighted by Crippen LogP contribution is -2.38. The van der Waals surface area contributed by atoms with Gasteiger partial charge in [-0.05, 0) is 56.9 Å². The van der Waals surface area contributed by atoms with E-state index in [9.17, 15) is 0 Å². The Balaban J connectivity index is 1.74. The summed E-state index contributed by atoms with van der Waals surface area (Å²) < 4.78 is 5.78. The molecule has 1 aliphatic heterocycles. The maximum atomic E-state index is 5.78. The monoisotopic (exact) mass is 267 g/mol. The maximum Gasteiger partial charge on any atom is 0.0576 e. The van der Waals surface area contributed by atoms with E-state index in [2.05, 4.69) is 19.2 Å². The molecular weight excluding hydrogens is 234 g/mol. The highest BCUT2D eigenvalue weighted by molar-refractivity contribution is 4.82. The van der Waals surface area contributed by atoms with Crippen LogP contribution < -0.4 is 5.32 Å². The molecule has 0 radical (unpaired) electrons. The van der Waals surface area contributed by atoms with Crippen LogP contribution in [0.1, 0.15) is 71.6 Å². The molecule has 112 valence electrons. The molecule has 2 rings (SSSR count). The standard InChI is InChI=1S/C17H33NO/c1-3-14-7-9-15(10-8-14)17(18-4-2)12-11-16-6-5-13-19-16/h14-18H,3-13H2,1-2H3. The van der Waals surface area contributed by atoms with Crippen molar-refractivity contribution in [2.24, 2.45) is 11.8 Å². The molecule has 2 unspecified atom stereocenters. The Morgan fingerprint density at radius 1 is 1.11 bits per heavy atom. The Bertz CT molecular complexity index is 229. The van der Waals surface area contributed by atoms with Gasteiger partial charge >= 0.3 is 0 Å². The zero-order valence-corrected chi connectivity index (χ0v) is 13.0. The average Bonchev–Trinajstić information content (AvgIpc) is 2.97. The Morgan fingerprint density at radius 2 is 1.89 bits per heavy atom. The van der Waals surface area contributed by atoms with Crippen molar-refractivity contribution in [2.45, 2.75) is 83.8 Å². The summed E-state index contributed by atoms with van der Waals surface area (Å²) in [6.07, 6.45) is 12.9. The molecule has 1 saturated heterocycles. The molecule has 2 atom stereocenters. The van der Waals surface area contributed by atoms with Gasteiger partial charge in [0.1, 0.15) is 0 Å². The first-order valence-corrected chi connectivity index (χ1v) is 8.68. The molecule has 0 aromatic heterocycles. The Morgan fingerprint density at radius 3 is 2.47 bits per heavy atom. The van der Waals surface area contributed by atoms with E-state index in [4.69, 9.17) is 4.74 Å². The van der Waals surface area contributed by atoms with Crippen LogP contribution in [0.15, 0.2) is 0 Å². The van der Waals surface area contributed by atoms with E-state index in [1.165, 1.54) is 57.8 Å². The van der Waals surface area contributed by atoms with Crippen molar-refractivity contribution in [1.29, 1.82) is 0 Å². The molecule has 2 fully saturated rings. The maximum absolute atomic E-state index is 5.78. The minimum absolute atomic E-state index is 0.563. The van der Waals surface area contributed by atoms with Gasteiger partial charge in [0.25, 0.3) is 0 Å². The third-order valence-corrected chi connectivity index (χ3v) is 5.33. The van der Waals surface area contributed by atoms with Crippen LogP contribution in [0.3, 0.4) is 0 Å². The van der Waals surface area contributed by atoms with E-state index in [-0.39, 0.29) is 0 Å². The predicted molar refractivity (Wildman–Crippen MR) is 81.4 cm³/mol. The van der Waals surface area contributed by atoms with E-state index in [1.54, 1.807) is 0 Å². The summed E-state index contributed by atoms with van der Waals surface area (Å²) >= 11 is 0. The molecule has 0 amide bonds. The van der Waals surface area contributed by atoms with Gasteiger partial charge in [-0.15, -0.1) is 0 Å². The van der Waals surface area contributed by atoms with E-state index in [0.717, 1.165) is 31.0 Å². The molecule has 0 aromatic rings. The zero-order chi connectivity index (χ0) is 13.5. The van der Waals surface area contributed by atoms with Crippen LogP contribution in [0, 0.1) is 11.8 Å². The van der Waals surface area contributed by atoms with Crippen LogP contribution in [-0.2, 0) is 4.74 Å². The number of rotatable bonds is 7. The highest BCUT2D eigenvalue weighted by Gasteiger charge is 2.27. The molecule has 2 aliphatic rings. The molecule has 0 bridgehead atoms. The fourth-order valence-electron chi connectivity index (χ4n) is 4.00. The summed E-state index contributed by atoms with van der Waals surface area (Å²) in [6.45, 7) is 6.71. The van der Waals surface area contributed by atoms with Gasteiger partial charge in [0, 0.05) is 12.6 Å². The average molecular weight is 267 g/mol. The Kier molecular flexibility index (Phi) is 6.66. The van der Waals surface area contributed by atoms with E-state index in [1.807, 2.05) is 0 Å². The highest BCUT2D eigenvalue weighted by atomic mass is 16.5. The second kappa shape index (κ2) is 8.26. The Labute approximate surface area is 119 Å². The fraction of sp³-hybridized carbons (Fsp3) is 1.00. The molecule has 2 heteroatoms. The van der Waals surface area contributed by atoms with Gasteiger partial charge in [0.05, 0.1) is 6.10 Å². The number of ether oxygens (including phenoxy) is 1. The number of nitrogens with one attached hydrogen (secondary N) is 1. The van der Waals surface area contributed by atoms with E-state index >= 15 is 0 Å². The molecule has 1 heterocycles. The molecule has 19 heavy (non-hydrogen) atoms. The van der Waals surface area contributed by atoms with Crippen LogP contribution >= 0.6 is 0 Å². The first kappa shape index (κ1) is 15.3. The lowest BCUT2D eigenvalue weighted by molar-refractivity contribution is 0.0945. The molecule has 0 spiro atoms. The normalized spacial score (nSPS) is 33.5. The lowest BCUT2D eigenvalue weighted by Gasteiger charge is -2.34. The van der Waals surface area contributed by atoms with Crippen molar-refractivity contribution < 1.29 is 4.74 Å². The van der Waals surface area contributed by atoms with Crippen LogP contribution in [0.2, 0.25) is 0 Å². The fourth-order valence-corrected chi connectivity index (χ4v) is 4.00. The predicted octanol–water partition coefficient (Wildman–Crippen LogP) is 4.14. The second-order valence-corrected chi connectivity index (χ2v) is 6.57. The van der Waals surface area contributed by atoms with Crippen molar-refractivity contribution in [1.82, 2.24) is 5.32 Å². The SMILES string of the molecule is CCNC(CCC1CCCO1)C1CCC(CC)CC1. The van der Waals surface area contributed by atoms with Crippen LogP contribution in [0.4, 0.5) is 0 Å². The minimum Gasteiger partial charge on any atom is -0.378 e. The van der Waals surface area contributed by atoms with Crippen LogP contribution in [0.25, 0.3) is 0 Å². The van der Waals surface area contributed by atoms with Gasteiger partial charge in [-0.3, -0.25) is 0 Å². The summed E-state index contributed by atoms with van der Waals surface area (Å²) in [5.74, 6) is 1.93. The third kappa shape index (κ3) is 4.75. The lowest BCUT2D eigenvalue weighted by atomic mass is 9.76. The largest absolute Gasteiger partial charge is 0.378 e.